The predicted octanol–water partition coefficient (Wildman–Crippen LogP) is 4.12. The van der Waals surface area contributed by atoms with Crippen LogP contribution in [0.3, 0.4) is 0 Å². The molecule has 146 valence electrons. The molecule has 3 N–H and O–H groups in total. The van der Waals surface area contributed by atoms with Crippen LogP contribution in [0.5, 0.6) is 5.88 Å². The number of thioether (sulfide) groups is 1. The number of aromatic amines is 1. The largest absolute Gasteiger partial charge is 0.493 e. The molecule has 2 aromatic carbocycles. The minimum absolute atomic E-state index is 0.109. The molecule has 0 saturated heterocycles. The summed E-state index contributed by atoms with van der Waals surface area (Å²) in [5.41, 5.74) is 1.38. The van der Waals surface area contributed by atoms with Gasteiger partial charge in [0.15, 0.2) is 5.69 Å². The van der Waals surface area contributed by atoms with Gasteiger partial charge in [0.2, 0.25) is 17.0 Å². The Bertz CT molecular complexity index is 1160. The summed E-state index contributed by atoms with van der Waals surface area (Å²) in [7, 11) is 0. The van der Waals surface area contributed by atoms with E-state index in [4.69, 9.17) is 0 Å². The molecule has 1 aliphatic rings. The van der Waals surface area contributed by atoms with Crippen LogP contribution in [0.15, 0.2) is 63.8 Å². The molecule has 3 aromatic rings. The monoisotopic (exact) mass is 411 g/mol. The molecular weight excluding hydrogens is 397 g/mol. The topological polar surface area (TPSA) is 119 Å². The van der Waals surface area contributed by atoms with Crippen LogP contribution in [0.25, 0.3) is 10.9 Å². The predicted molar refractivity (Wildman–Crippen MR) is 108 cm³/mol. The van der Waals surface area contributed by atoms with E-state index in [-0.39, 0.29) is 23.2 Å². The third-order valence-corrected chi connectivity index (χ3v) is 5.16. The Balaban J connectivity index is 1.40. The number of anilines is 1. The maximum atomic E-state index is 12.9. The highest BCUT2D eigenvalue weighted by atomic mass is 32.2. The number of carbonyl (C=O) groups is 2. The minimum atomic E-state index is -0.721. The van der Waals surface area contributed by atoms with Gasteiger partial charge < -0.3 is 15.4 Å². The number of azo groups is 1. The molecule has 29 heavy (non-hydrogen) atoms. The summed E-state index contributed by atoms with van der Waals surface area (Å²) < 4.78 is 12.9. The fourth-order valence-corrected chi connectivity index (χ4v) is 3.64. The Labute approximate surface area is 167 Å². The fraction of sp³-hybridized carbons (Fsp3) is 0.105. The Hall–Kier alpha value is -3.53. The number of benzene rings is 2. The molecule has 0 saturated carbocycles. The minimum Gasteiger partial charge on any atom is -0.493 e. The van der Waals surface area contributed by atoms with Crippen LogP contribution in [0.2, 0.25) is 0 Å². The molecule has 0 bridgehead atoms. The van der Waals surface area contributed by atoms with E-state index in [1.54, 1.807) is 18.2 Å². The number of amidine groups is 1. The second-order valence-corrected chi connectivity index (χ2v) is 7.34. The zero-order chi connectivity index (χ0) is 20.4. The average molecular weight is 411 g/mol. The molecule has 0 aliphatic carbocycles. The van der Waals surface area contributed by atoms with Gasteiger partial charge in [-0.1, -0.05) is 30.0 Å². The second-order valence-electron chi connectivity index (χ2n) is 6.17. The van der Waals surface area contributed by atoms with Gasteiger partial charge in [0, 0.05) is 17.5 Å². The summed E-state index contributed by atoms with van der Waals surface area (Å²) in [5.74, 6) is -1.43. The van der Waals surface area contributed by atoms with Crippen LogP contribution in [-0.2, 0) is 9.59 Å². The lowest BCUT2D eigenvalue weighted by atomic mass is 10.2. The van der Waals surface area contributed by atoms with Crippen LogP contribution >= 0.6 is 11.8 Å². The first kappa shape index (κ1) is 18.8. The third-order valence-electron chi connectivity index (χ3n) is 4.12. The van der Waals surface area contributed by atoms with Gasteiger partial charge in [0.25, 0.3) is 5.91 Å². The van der Waals surface area contributed by atoms with Crippen LogP contribution in [0.4, 0.5) is 15.8 Å². The highest BCUT2D eigenvalue weighted by Crippen LogP contribution is 2.36. The quantitative estimate of drug-likeness (QED) is 0.559. The van der Waals surface area contributed by atoms with Crippen molar-refractivity contribution in [3.8, 4) is 5.88 Å². The van der Waals surface area contributed by atoms with E-state index in [1.165, 1.54) is 24.3 Å². The summed E-state index contributed by atoms with van der Waals surface area (Å²) >= 11 is 1.02. The van der Waals surface area contributed by atoms with E-state index < -0.39 is 22.9 Å². The average Bonchev–Trinajstić information content (AvgIpc) is 3.20. The highest BCUT2D eigenvalue weighted by molar-refractivity contribution is 8.15. The lowest BCUT2D eigenvalue weighted by molar-refractivity contribution is -0.121. The smallest absolute Gasteiger partial charge is 0.262 e. The number of rotatable bonds is 4. The van der Waals surface area contributed by atoms with Gasteiger partial charge in [-0.05, 0) is 30.3 Å². The molecule has 1 aliphatic heterocycles. The van der Waals surface area contributed by atoms with Crippen LogP contribution < -0.4 is 5.32 Å². The Morgan fingerprint density at radius 3 is 2.76 bits per heavy atom. The maximum Gasteiger partial charge on any atom is 0.262 e. The van der Waals surface area contributed by atoms with Crippen molar-refractivity contribution in [3.63, 3.8) is 0 Å². The van der Waals surface area contributed by atoms with Crippen molar-refractivity contribution >= 4 is 51.0 Å². The van der Waals surface area contributed by atoms with Crippen molar-refractivity contribution < 1.29 is 19.1 Å². The third kappa shape index (κ3) is 4.16. The van der Waals surface area contributed by atoms with Gasteiger partial charge in [-0.2, -0.15) is 4.99 Å². The number of halogens is 1. The standard InChI is InChI=1S/C19H14FN5O3S/c20-10-5-7-11(8-6-10)21-15(26)9-14-17(27)23-19(29-14)25-24-16-12-3-1-2-4-13(12)22-18(16)28/h1-8,14,22,28H,9H2,(H,21,26)/t14-/m0/s1. The van der Waals surface area contributed by atoms with Crippen molar-refractivity contribution in [2.45, 2.75) is 11.7 Å². The number of fused-ring (bicyclic) bond motifs is 1. The molecule has 4 rings (SSSR count). The molecule has 0 fully saturated rings. The highest BCUT2D eigenvalue weighted by Gasteiger charge is 2.31. The van der Waals surface area contributed by atoms with E-state index in [2.05, 4.69) is 25.5 Å². The Morgan fingerprint density at radius 1 is 1.21 bits per heavy atom. The molecular formula is C19H14FN5O3S. The number of aromatic nitrogens is 1. The molecule has 1 atom stereocenters. The van der Waals surface area contributed by atoms with Crippen molar-refractivity contribution in [1.29, 1.82) is 0 Å². The maximum absolute atomic E-state index is 12.9. The molecule has 0 unspecified atom stereocenters. The van der Waals surface area contributed by atoms with Gasteiger partial charge in [-0.15, -0.1) is 10.2 Å². The van der Waals surface area contributed by atoms with Crippen LogP contribution in [-0.4, -0.2) is 32.3 Å². The van der Waals surface area contributed by atoms with Crippen molar-refractivity contribution in [3.05, 3.63) is 54.3 Å². The SMILES string of the molecule is O=C(C[C@@H]1SC(N=Nc2c(O)[nH]c3ccccc23)=NC1=O)Nc1ccc(F)cc1. The lowest BCUT2D eigenvalue weighted by Crippen LogP contribution is -2.21. The van der Waals surface area contributed by atoms with Gasteiger partial charge in [-0.3, -0.25) is 9.59 Å². The van der Waals surface area contributed by atoms with Crippen LogP contribution in [0.1, 0.15) is 6.42 Å². The van der Waals surface area contributed by atoms with E-state index in [9.17, 15) is 19.1 Å². The zero-order valence-electron chi connectivity index (χ0n) is 14.8. The number of carbonyl (C=O) groups excluding carboxylic acids is 2. The summed E-state index contributed by atoms with van der Waals surface area (Å²) in [6, 6.07) is 12.5. The molecule has 1 aromatic heterocycles. The number of hydrogen-bond acceptors (Lipinski definition) is 6. The number of aromatic hydroxyl groups is 1. The summed E-state index contributed by atoms with van der Waals surface area (Å²) in [6.45, 7) is 0. The molecule has 0 radical (unpaired) electrons. The van der Waals surface area contributed by atoms with Crippen molar-refractivity contribution in [1.82, 2.24) is 4.98 Å². The number of aliphatic imine (C=N–C) groups is 1. The summed E-state index contributed by atoms with van der Waals surface area (Å²) in [6.07, 6.45) is -0.109. The first-order chi connectivity index (χ1) is 14.0. The fourth-order valence-electron chi connectivity index (χ4n) is 2.77. The van der Waals surface area contributed by atoms with E-state index in [0.29, 0.717) is 16.6 Å². The van der Waals surface area contributed by atoms with E-state index >= 15 is 0 Å². The normalized spacial score (nSPS) is 16.5. The number of nitrogens with zero attached hydrogens (tertiary/aromatic N) is 3. The van der Waals surface area contributed by atoms with E-state index in [1.807, 2.05) is 6.07 Å². The zero-order valence-corrected chi connectivity index (χ0v) is 15.6. The van der Waals surface area contributed by atoms with Crippen LogP contribution in [0, 0.1) is 5.82 Å². The van der Waals surface area contributed by atoms with Gasteiger partial charge in [0.1, 0.15) is 11.1 Å². The summed E-state index contributed by atoms with van der Waals surface area (Å²) in [5, 5.41) is 20.6. The Kier molecular flexibility index (Phi) is 5.09. The lowest BCUT2D eigenvalue weighted by Gasteiger charge is -2.07. The summed E-state index contributed by atoms with van der Waals surface area (Å²) in [4.78, 5) is 30.8. The molecule has 0 spiro atoms. The van der Waals surface area contributed by atoms with Gasteiger partial charge in [-0.25, -0.2) is 4.39 Å². The first-order valence-electron chi connectivity index (χ1n) is 8.55. The second kappa shape index (κ2) is 7.84. The van der Waals surface area contributed by atoms with Gasteiger partial charge >= 0.3 is 0 Å². The molecule has 2 heterocycles. The Morgan fingerprint density at radius 2 is 1.97 bits per heavy atom. The van der Waals surface area contributed by atoms with Crippen molar-refractivity contribution in [2.75, 3.05) is 5.32 Å². The molecule has 10 heteroatoms. The van der Waals surface area contributed by atoms with Gasteiger partial charge in [0.05, 0.1) is 5.52 Å². The van der Waals surface area contributed by atoms with Crippen molar-refractivity contribution in [2.24, 2.45) is 15.2 Å². The number of H-pyrrole nitrogens is 1. The number of para-hydroxylation sites is 1. The number of hydrogen-bond donors (Lipinski definition) is 3. The molecule has 2 amide bonds. The number of amides is 2. The molecule has 8 nitrogen and oxygen atoms in total. The van der Waals surface area contributed by atoms with E-state index in [0.717, 1.165) is 11.8 Å². The number of nitrogens with one attached hydrogen (secondary N) is 2. The first-order valence-corrected chi connectivity index (χ1v) is 9.43.